The highest BCUT2D eigenvalue weighted by molar-refractivity contribution is 7.11. The lowest BCUT2D eigenvalue weighted by atomic mass is 9.98. The predicted octanol–water partition coefficient (Wildman–Crippen LogP) is 3.58. The van der Waals surface area contributed by atoms with Gasteiger partial charge in [-0.3, -0.25) is 0 Å². The van der Waals surface area contributed by atoms with Crippen molar-refractivity contribution in [3.8, 4) is 0 Å². The van der Waals surface area contributed by atoms with Crippen LogP contribution in [0.3, 0.4) is 0 Å². The minimum atomic E-state index is -0.435. The maximum Gasteiger partial charge on any atom is 0.410 e. The molecule has 0 aromatic carbocycles. The molecular weight excluding hydrogens is 310 g/mol. The average molecular weight is 340 g/mol. The van der Waals surface area contributed by atoms with E-state index in [1.807, 2.05) is 31.9 Å². The van der Waals surface area contributed by atoms with Gasteiger partial charge < -0.3 is 15.0 Å². The lowest BCUT2D eigenvalue weighted by Gasteiger charge is -2.38. The second kappa shape index (κ2) is 7.62. The third-order valence-corrected chi connectivity index (χ3v) is 5.11. The summed E-state index contributed by atoms with van der Waals surface area (Å²) in [4.78, 5) is 19.7. The third-order valence-electron chi connectivity index (χ3n) is 3.97. The molecule has 0 spiro atoms. The molecule has 0 saturated carbocycles. The summed E-state index contributed by atoms with van der Waals surface area (Å²) < 4.78 is 5.49. The monoisotopic (exact) mass is 339 g/mol. The molecule has 2 unspecified atom stereocenters. The van der Waals surface area contributed by atoms with E-state index in [9.17, 15) is 4.79 Å². The van der Waals surface area contributed by atoms with Crippen LogP contribution in [-0.2, 0) is 17.7 Å². The number of amides is 1. The van der Waals surface area contributed by atoms with Gasteiger partial charge in [-0.1, -0.05) is 6.92 Å². The van der Waals surface area contributed by atoms with Crippen LogP contribution in [0.4, 0.5) is 4.79 Å². The quantitative estimate of drug-likeness (QED) is 0.911. The number of nitrogens with zero attached hydrogens (tertiary/aromatic N) is 2. The smallest absolute Gasteiger partial charge is 0.410 e. The first-order valence-electron chi connectivity index (χ1n) is 8.45. The maximum absolute atomic E-state index is 12.2. The Morgan fingerprint density at radius 3 is 2.83 bits per heavy atom. The van der Waals surface area contributed by atoms with Gasteiger partial charge >= 0.3 is 6.09 Å². The van der Waals surface area contributed by atoms with E-state index in [0.29, 0.717) is 6.04 Å². The lowest BCUT2D eigenvalue weighted by Crippen LogP contribution is -2.50. The standard InChI is InChI=1S/C17H29N3O2S/c1-6-15-19-11-14(23-15)10-18-13-7-8-20(12(2)9-13)16(21)22-17(3,4)5/h11-13,18H,6-10H2,1-5H3. The van der Waals surface area contributed by atoms with Crippen molar-refractivity contribution in [1.29, 1.82) is 0 Å². The molecule has 2 heterocycles. The first-order chi connectivity index (χ1) is 10.8. The number of hydrogen-bond acceptors (Lipinski definition) is 5. The van der Waals surface area contributed by atoms with Crippen molar-refractivity contribution in [2.45, 2.75) is 78.1 Å². The topological polar surface area (TPSA) is 54.5 Å². The van der Waals surface area contributed by atoms with Crippen LogP contribution in [0.2, 0.25) is 0 Å². The van der Waals surface area contributed by atoms with E-state index in [2.05, 4.69) is 24.1 Å². The number of piperidine rings is 1. The van der Waals surface area contributed by atoms with Gasteiger partial charge in [0, 0.05) is 36.2 Å². The molecule has 0 radical (unpaired) electrons. The second-order valence-electron chi connectivity index (χ2n) is 7.20. The van der Waals surface area contributed by atoms with Crippen LogP contribution in [0.5, 0.6) is 0 Å². The zero-order valence-electron chi connectivity index (χ0n) is 14.9. The van der Waals surface area contributed by atoms with Crippen molar-refractivity contribution in [3.05, 3.63) is 16.1 Å². The summed E-state index contributed by atoms with van der Waals surface area (Å²) in [5.74, 6) is 0. The van der Waals surface area contributed by atoms with Crippen molar-refractivity contribution in [3.63, 3.8) is 0 Å². The minimum Gasteiger partial charge on any atom is -0.444 e. The summed E-state index contributed by atoms with van der Waals surface area (Å²) in [6.07, 6.45) is 4.69. The van der Waals surface area contributed by atoms with Crippen LogP contribution in [0.15, 0.2) is 6.20 Å². The number of thiazole rings is 1. The maximum atomic E-state index is 12.2. The highest BCUT2D eigenvalue weighted by Crippen LogP contribution is 2.21. The summed E-state index contributed by atoms with van der Waals surface area (Å²) in [5, 5.41) is 4.79. The zero-order chi connectivity index (χ0) is 17.0. The molecule has 1 aliphatic rings. The summed E-state index contributed by atoms with van der Waals surface area (Å²) in [6.45, 7) is 11.6. The van der Waals surface area contributed by atoms with Crippen LogP contribution in [0, 0.1) is 0 Å². The Morgan fingerprint density at radius 1 is 1.52 bits per heavy atom. The van der Waals surface area contributed by atoms with Crippen LogP contribution in [0.1, 0.15) is 57.3 Å². The molecule has 1 N–H and O–H groups in total. The molecule has 1 aliphatic heterocycles. The largest absolute Gasteiger partial charge is 0.444 e. The van der Waals surface area contributed by atoms with Gasteiger partial charge in [0.1, 0.15) is 5.60 Å². The predicted molar refractivity (Wildman–Crippen MR) is 93.8 cm³/mol. The summed E-state index contributed by atoms with van der Waals surface area (Å²) in [6, 6.07) is 0.639. The van der Waals surface area contributed by atoms with Crippen LogP contribution in [-0.4, -0.2) is 40.2 Å². The van der Waals surface area contributed by atoms with E-state index in [-0.39, 0.29) is 12.1 Å². The molecule has 0 bridgehead atoms. The van der Waals surface area contributed by atoms with Gasteiger partial charge in [-0.2, -0.15) is 0 Å². The van der Waals surface area contributed by atoms with Gasteiger partial charge in [0.2, 0.25) is 0 Å². The molecule has 2 rings (SSSR count). The molecule has 1 fully saturated rings. The number of aromatic nitrogens is 1. The van der Waals surface area contributed by atoms with E-state index in [4.69, 9.17) is 4.74 Å². The lowest BCUT2D eigenvalue weighted by molar-refractivity contribution is 0.00933. The van der Waals surface area contributed by atoms with Gasteiger partial charge in [0.15, 0.2) is 0 Å². The van der Waals surface area contributed by atoms with Crippen LogP contribution < -0.4 is 5.32 Å². The third kappa shape index (κ3) is 5.46. The number of ether oxygens (including phenoxy) is 1. The van der Waals surface area contributed by atoms with Crippen molar-refractivity contribution in [2.24, 2.45) is 0 Å². The number of likely N-dealkylation sites (tertiary alicyclic amines) is 1. The number of nitrogens with one attached hydrogen (secondary N) is 1. The molecular formula is C17H29N3O2S. The van der Waals surface area contributed by atoms with E-state index in [1.165, 1.54) is 9.88 Å². The molecule has 130 valence electrons. The molecule has 1 aromatic heterocycles. The summed E-state index contributed by atoms with van der Waals surface area (Å²) in [7, 11) is 0. The minimum absolute atomic E-state index is 0.196. The molecule has 1 saturated heterocycles. The second-order valence-corrected chi connectivity index (χ2v) is 8.40. The molecule has 2 atom stereocenters. The van der Waals surface area contributed by atoms with Gasteiger partial charge in [-0.05, 0) is 47.0 Å². The first-order valence-corrected chi connectivity index (χ1v) is 9.26. The fourth-order valence-corrected chi connectivity index (χ4v) is 3.60. The molecule has 1 aromatic rings. The van der Waals surface area contributed by atoms with E-state index in [0.717, 1.165) is 32.4 Å². The Balaban J connectivity index is 1.80. The van der Waals surface area contributed by atoms with Crippen molar-refractivity contribution in [2.75, 3.05) is 6.54 Å². The van der Waals surface area contributed by atoms with Crippen molar-refractivity contribution >= 4 is 17.4 Å². The number of aryl methyl sites for hydroxylation is 1. The van der Waals surface area contributed by atoms with Gasteiger partial charge in [-0.25, -0.2) is 9.78 Å². The van der Waals surface area contributed by atoms with Crippen LogP contribution in [0.25, 0.3) is 0 Å². The molecule has 6 heteroatoms. The van der Waals surface area contributed by atoms with Gasteiger partial charge in [0.05, 0.1) is 5.01 Å². The first kappa shape index (κ1) is 18.2. The SMILES string of the molecule is CCc1ncc(CNC2CCN(C(=O)OC(C)(C)C)C(C)C2)s1. The van der Waals surface area contributed by atoms with E-state index in [1.54, 1.807) is 11.3 Å². The summed E-state index contributed by atoms with van der Waals surface area (Å²) >= 11 is 1.78. The average Bonchev–Trinajstić information content (AvgIpc) is 2.91. The molecule has 23 heavy (non-hydrogen) atoms. The fourth-order valence-electron chi connectivity index (χ4n) is 2.79. The number of carbonyl (C=O) groups is 1. The number of rotatable bonds is 4. The van der Waals surface area contributed by atoms with Crippen molar-refractivity contribution < 1.29 is 9.53 Å². The highest BCUT2D eigenvalue weighted by atomic mass is 32.1. The Hall–Kier alpha value is -1.14. The number of carbonyl (C=O) groups excluding carboxylic acids is 1. The molecule has 1 amide bonds. The van der Waals surface area contributed by atoms with Crippen LogP contribution >= 0.6 is 11.3 Å². The number of hydrogen-bond donors (Lipinski definition) is 1. The normalized spacial score (nSPS) is 22.2. The highest BCUT2D eigenvalue weighted by Gasteiger charge is 2.31. The molecule has 5 nitrogen and oxygen atoms in total. The molecule has 0 aliphatic carbocycles. The van der Waals surface area contributed by atoms with Gasteiger partial charge in [0.25, 0.3) is 0 Å². The van der Waals surface area contributed by atoms with E-state index >= 15 is 0 Å². The Kier molecular flexibility index (Phi) is 6.03. The fraction of sp³-hybridized carbons (Fsp3) is 0.765. The zero-order valence-corrected chi connectivity index (χ0v) is 15.7. The Labute approximate surface area is 143 Å². The Morgan fingerprint density at radius 2 is 2.26 bits per heavy atom. The summed E-state index contributed by atoms with van der Waals surface area (Å²) in [5.41, 5.74) is -0.435. The van der Waals surface area contributed by atoms with Crippen molar-refractivity contribution in [1.82, 2.24) is 15.2 Å². The Bertz CT molecular complexity index is 524. The van der Waals surface area contributed by atoms with Gasteiger partial charge in [-0.15, -0.1) is 11.3 Å². The van der Waals surface area contributed by atoms with E-state index < -0.39 is 5.60 Å².